The van der Waals surface area contributed by atoms with Gasteiger partial charge in [-0.3, -0.25) is 4.98 Å². The number of carboxylic acid groups (broad SMARTS) is 1. The molecule has 6 aromatic rings. The highest BCUT2D eigenvalue weighted by Crippen LogP contribution is 2.40. The number of nitrogens with zero attached hydrogens (tertiary/aromatic N) is 3. The van der Waals surface area contributed by atoms with Gasteiger partial charge in [0.25, 0.3) is 0 Å². The highest BCUT2D eigenvalue weighted by molar-refractivity contribution is 5.99. The number of aryl methyl sites for hydroxylation is 2. The van der Waals surface area contributed by atoms with E-state index in [0.717, 1.165) is 45.0 Å². The van der Waals surface area contributed by atoms with Gasteiger partial charge < -0.3 is 14.2 Å². The third kappa shape index (κ3) is 4.28. The van der Waals surface area contributed by atoms with E-state index in [1.807, 2.05) is 80.7 Å². The molecule has 3 aromatic heterocycles. The average molecular weight is 518 g/mol. The molecule has 0 aliphatic heterocycles. The van der Waals surface area contributed by atoms with Crippen molar-refractivity contribution in [2.75, 3.05) is 0 Å². The highest BCUT2D eigenvalue weighted by Gasteiger charge is 2.24. The van der Waals surface area contributed by atoms with Crippen LogP contribution in [0.1, 0.15) is 39.1 Å². The van der Waals surface area contributed by atoms with Crippen LogP contribution in [0.2, 0.25) is 0 Å². The summed E-state index contributed by atoms with van der Waals surface area (Å²) in [5.41, 5.74) is 6.21. The number of aromatic nitrogens is 3. The number of hydrogen-bond donors (Lipinski definition) is 1. The second-order valence-electron chi connectivity index (χ2n) is 9.45. The molecule has 3 heterocycles. The number of aromatic carboxylic acids is 1. The Morgan fingerprint density at radius 1 is 0.949 bits per heavy atom. The second kappa shape index (κ2) is 9.68. The van der Waals surface area contributed by atoms with Crippen LogP contribution in [0, 0.1) is 19.7 Å². The summed E-state index contributed by atoms with van der Waals surface area (Å²) in [4.78, 5) is 16.1. The number of rotatable bonds is 6. The molecule has 1 unspecified atom stereocenters. The Balaban J connectivity index is 1.66. The lowest BCUT2D eigenvalue weighted by Gasteiger charge is -2.21. The van der Waals surface area contributed by atoms with Crippen LogP contribution in [0.5, 0.6) is 0 Å². The summed E-state index contributed by atoms with van der Waals surface area (Å²) in [7, 11) is 0. The topological polar surface area (TPSA) is 81.1 Å². The van der Waals surface area contributed by atoms with E-state index in [2.05, 4.69) is 20.8 Å². The molecule has 0 fully saturated rings. The van der Waals surface area contributed by atoms with E-state index in [0.29, 0.717) is 16.9 Å². The zero-order chi connectivity index (χ0) is 27.1. The average Bonchev–Trinajstić information content (AvgIpc) is 3.48. The second-order valence-corrected chi connectivity index (χ2v) is 9.45. The van der Waals surface area contributed by atoms with Crippen LogP contribution in [-0.4, -0.2) is 25.8 Å². The lowest BCUT2D eigenvalue weighted by Crippen LogP contribution is -2.12. The normalized spacial score (nSPS) is 12.1. The van der Waals surface area contributed by atoms with Crippen molar-refractivity contribution in [3.8, 4) is 22.3 Å². The third-order valence-corrected chi connectivity index (χ3v) is 7.02. The van der Waals surface area contributed by atoms with Crippen molar-refractivity contribution in [1.82, 2.24) is 14.7 Å². The van der Waals surface area contributed by atoms with E-state index in [-0.39, 0.29) is 11.6 Å². The number of halogens is 1. The van der Waals surface area contributed by atoms with E-state index in [1.54, 1.807) is 6.20 Å². The molecule has 192 valence electrons. The van der Waals surface area contributed by atoms with Crippen LogP contribution < -0.4 is 0 Å². The predicted molar refractivity (Wildman–Crippen MR) is 147 cm³/mol. The molecule has 0 saturated carbocycles. The van der Waals surface area contributed by atoms with Gasteiger partial charge in [0.2, 0.25) is 0 Å². The molecule has 3 aromatic carbocycles. The Morgan fingerprint density at radius 2 is 1.74 bits per heavy atom. The van der Waals surface area contributed by atoms with Gasteiger partial charge in [0, 0.05) is 34.5 Å². The Morgan fingerprint density at radius 3 is 2.41 bits per heavy atom. The van der Waals surface area contributed by atoms with Crippen molar-refractivity contribution in [1.29, 1.82) is 0 Å². The molecule has 0 bridgehead atoms. The molecule has 39 heavy (non-hydrogen) atoms. The lowest BCUT2D eigenvalue weighted by atomic mass is 9.99. The van der Waals surface area contributed by atoms with Gasteiger partial charge in [-0.1, -0.05) is 59.8 Å². The summed E-state index contributed by atoms with van der Waals surface area (Å²) in [5.74, 6) is -1.06. The summed E-state index contributed by atoms with van der Waals surface area (Å²) < 4.78 is 22.9. The molecule has 6 rings (SSSR count). The molecule has 6 nitrogen and oxygen atoms in total. The summed E-state index contributed by atoms with van der Waals surface area (Å²) in [5, 5.41) is 14.3. The maximum atomic E-state index is 15.4. The van der Waals surface area contributed by atoms with Crippen LogP contribution in [0.3, 0.4) is 0 Å². The van der Waals surface area contributed by atoms with Gasteiger partial charge in [0.05, 0.1) is 22.5 Å². The largest absolute Gasteiger partial charge is 0.478 e. The Kier molecular flexibility index (Phi) is 6.04. The maximum Gasteiger partial charge on any atom is 0.335 e. The predicted octanol–water partition coefficient (Wildman–Crippen LogP) is 7.45. The molecule has 1 atom stereocenters. The molecule has 7 heteroatoms. The van der Waals surface area contributed by atoms with Crippen LogP contribution in [0.25, 0.3) is 33.2 Å². The molecule has 0 saturated heterocycles. The van der Waals surface area contributed by atoms with E-state index >= 15 is 4.39 Å². The minimum absolute atomic E-state index is 0.101. The Bertz CT molecular complexity index is 1770. The van der Waals surface area contributed by atoms with Crippen molar-refractivity contribution in [2.45, 2.75) is 19.9 Å². The van der Waals surface area contributed by atoms with Crippen molar-refractivity contribution in [3.63, 3.8) is 0 Å². The fraction of sp³-hybridized carbons (Fsp3) is 0.0938. The van der Waals surface area contributed by atoms with E-state index in [1.165, 1.54) is 12.1 Å². The number of carbonyl (C=O) groups is 1. The number of fused-ring (bicyclic) bond motifs is 1. The first-order chi connectivity index (χ1) is 18.9. The minimum atomic E-state index is -1.17. The number of hydrogen-bond acceptors (Lipinski definition) is 4. The van der Waals surface area contributed by atoms with E-state index in [4.69, 9.17) is 4.52 Å². The zero-order valence-corrected chi connectivity index (χ0v) is 21.3. The first-order valence-electron chi connectivity index (χ1n) is 12.5. The molecule has 1 N–H and O–H groups in total. The van der Waals surface area contributed by atoms with Gasteiger partial charge in [0.1, 0.15) is 17.6 Å². The number of benzene rings is 3. The van der Waals surface area contributed by atoms with Crippen LogP contribution in [0.4, 0.5) is 4.39 Å². The lowest BCUT2D eigenvalue weighted by molar-refractivity contribution is 0.0696. The van der Waals surface area contributed by atoms with Gasteiger partial charge in [-0.25, -0.2) is 9.18 Å². The van der Waals surface area contributed by atoms with Gasteiger partial charge in [-0.05, 0) is 55.3 Å². The van der Waals surface area contributed by atoms with Crippen LogP contribution >= 0.6 is 0 Å². The van der Waals surface area contributed by atoms with Crippen molar-refractivity contribution >= 4 is 16.9 Å². The highest BCUT2D eigenvalue weighted by atomic mass is 19.1. The molecule has 0 aliphatic rings. The van der Waals surface area contributed by atoms with Crippen molar-refractivity contribution in [2.24, 2.45) is 0 Å². The van der Waals surface area contributed by atoms with Gasteiger partial charge in [-0.2, -0.15) is 0 Å². The van der Waals surface area contributed by atoms with Gasteiger partial charge in [-0.15, -0.1) is 0 Å². The Hall–Kier alpha value is -5.04. The maximum absolute atomic E-state index is 15.4. The minimum Gasteiger partial charge on any atom is -0.478 e. The van der Waals surface area contributed by atoms with Crippen LogP contribution in [-0.2, 0) is 0 Å². The smallest absolute Gasteiger partial charge is 0.335 e. The molecule has 0 spiro atoms. The van der Waals surface area contributed by atoms with E-state index in [9.17, 15) is 9.90 Å². The fourth-order valence-electron chi connectivity index (χ4n) is 5.24. The molecule has 0 amide bonds. The van der Waals surface area contributed by atoms with Crippen molar-refractivity contribution in [3.05, 3.63) is 131 Å². The number of pyridine rings is 1. The van der Waals surface area contributed by atoms with E-state index < -0.39 is 11.8 Å². The molecular formula is C32H24FN3O3. The quantitative estimate of drug-likeness (QED) is 0.248. The summed E-state index contributed by atoms with van der Waals surface area (Å²) >= 11 is 0. The third-order valence-electron chi connectivity index (χ3n) is 7.02. The summed E-state index contributed by atoms with van der Waals surface area (Å²) in [6.07, 6.45) is 3.68. The Labute approximate surface area is 224 Å². The van der Waals surface area contributed by atoms with Gasteiger partial charge in [0.15, 0.2) is 0 Å². The summed E-state index contributed by atoms with van der Waals surface area (Å²) in [6, 6.07) is 25.5. The molecular weight excluding hydrogens is 493 g/mol. The van der Waals surface area contributed by atoms with Crippen LogP contribution in [0.15, 0.2) is 102 Å². The number of carboxylic acids is 1. The molecule has 0 aliphatic carbocycles. The molecule has 0 radical (unpaired) electrons. The van der Waals surface area contributed by atoms with Crippen molar-refractivity contribution < 1.29 is 18.8 Å². The SMILES string of the molecule is Cc1noc(C)c1-c1ccc2c(-c3ccc(C(=O)O)cc3F)cn(C(c3ccccc3)c3ccccn3)c2c1. The first-order valence-corrected chi connectivity index (χ1v) is 12.5. The summed E-state index contributed by atoms with van der Waals surface area (Å²) in [6.45, 7) is 3.78. The monoisotopic (exact) mass is 517 g/mol. The fourth-order valence-corrected chi connectivity index (χ4v) is 5.24. The first kappa shape index (κ1) is 24.3. The van der Waals surface area contributed by atoms with Gasteiger partial charge >= 0.3 is 5.97 Å². The standard InChI is InChI=1S/C32H24FN3O3/c1-19-30(20(2)39-35-19)22-11-14-25-26(24-13-12-23(32(37)38)16-27(24)33)18-36(29(25)17-22)31(21-8-4-3-5-9-21)28-10-6-7-15-34-28/h3-18,31H,1-2H3,(H,37,38). The zero-order valence-electron chi connectivity index (χ0n) is 21.3.